The van der Waals surface area contributed by atoms with E-state index in [0.717, 1.165) is 17.9 Å². The quantitative estimate of drug-likeness (QED) is 0.567. The van der Waals surface area contributed by atoms with E-state index in [0.29, 0.717) is 48.8 Å². The Labute approximate surface area is 196 Å². The number of fused-ring (bicyclic) bond motifs is 1. The summed E-state index contributed by atoms with van der Waals surface area (Å²) in [4.78, 5) is 24.5. The summed E-state index contributed by atoms with van der Waals surface area (Å²) in [6.45, 7) is 2.26. The molecule has 0 spiro atoms. The summed E-state index contributed by atoms with van der Waals surface area (Å²) in [6, 6.07) is 10.9. The van der Waals surface area contributed by atoms with Crippen LogP contribution in [-0.4, -0.2) is 68.6 Å². The van der Waals surface area contributed by atoms with E-state index < -0.39 is 5.82 Å². The Bertz CT molecular complexity index is 1190. The van der Waals surface area contributed by atoms with Crippen molar-refractivity contribution in [1.82, 2.24) is 15.3 Å². The zero-order chi connectivity index (χ0) is 23.7. The van der Waals surface area contributed by atoms with Crippen LogP contribution in [-0.2, 0) is 4.74 Å². The van der Waals surface area contributed by atoms with Gasteiger partial charge in [0, 0.05) is 37.4 Å². The molecular formula is C24H26FN5O4. The van der Waals surface area contributed by atoms with Gasteiger partial charge in [-0.2, -0.15) is 0 Å². The summed E-state index contributed by atoms with van der Waals surface area (Å²) >= 11 is 0. The highest BCUT2D eigenvalue weighted by molar-refractivity contribution is 5.90. The summed E-state index contributed by atoms with van der Waals surface area (Å²) in [5.41, 5.74) is 2.31. The maximum absolute atomic E-state index is 14.8. The Hall–Kier alpha value is -3.66. The first-order valence-electron chi connectivity index (χ1n) is 11.2. The molecule has 1 aromatic carbocycles. The average Bonchev–Trinajstić information content (AvgIpc) is 3.48. The lowest BCUT2D eigenvalue weighted by atomic mass is 10.2. The molecule has 34 heavy (non-hydrogen) atoms. The maximum Gasteiger partial charge on any atom is 0.414 e. The van der Waals surface area contributed by atoms with Crippen LogP contribution in [0.1, 0.15) is 6.42 Å². The second kappa shape index (κ2) is 9.30. The van der Waals surface area contributed by atoms with E-state index in [-0.39, 0.29) is 18.2 Å². The molecule has 1 N–H and O–H groups in total. The fraction of sp³-hybridized carbons (Fsp3) is 0.375. The number of hydrogen-bond donors (Lipinski definition) is 1. The number of carbonyl (C=O) groups is 1. The van der Waals surface area contributed by atoms with E-state index in [9.17, 15) is 9.18 Å². The molecule has 2 unspecified atom stereocenters. The molecule has 0 radical (unpaired) electrons. The molecule has 0 saturated carbocycles. The standard InChI is InChI=1S/C24H26FN5O4/c1-32-17-5-3-16(4-6-17)30-14-18(34-24(30)31)11-26-15-9-10-29(13-15)23-19(25)12-27-20-7-8-21(33-2)28-22(20)23/h3-8,12,15,18,26H,9-11,13-14H2,1-2H3. The molecule has 2 aromatic heterocycles. The van der Waals surface area contributed by atoms with Crippen LogP contribution in [0.4, 0.5) is 20.6 Å². The monoisotopic (exact) mass is 467 g/mol. The fourth-order valence-electron chi connectivity index (χ4n) is 4.46. The highest BCUT2D eigenvalue weighted by Crippen LogP contribution is 2.31. The molecule has 2 fully saturated rings. The molecule has 2 aliphatic rings. The van der Waals surface area contributed by atoms with Crippen molar-refractivity contribution in [1.29, 1.82) is 0 Å². The molecule has 9 nitrogen and oxygen atoms in total. The third-order valence-electron chi connectivity index (χ3n) is 6.22. The van der Waals surface area contributed by atoms with Crippen LogP contribution < -0.4 is 24.6 Å². The first kappa shape index (κ1) is 22.1. The summed E-state index contributed by atoms with van der Waals surface area (Å²) in [5.74, 6) is 0.737. The van der Waals surface area contributed by atoms with Gasteiger partial charge in [0.1, 0.15) is 23.1 Å². The highest BCUT2D eigenvalue weighted by Gasteiger charge is 2.34. The van der Waals surface area contributed by atoms with E-state index in [4.69, 9.17) is 14.2 Å². The van der Waals surface area contributed by atoms with Crippen molar-refractivity contribution in [3.05, 3.63) is 48.4 Å². The molecule has 2 saturated heterocycles. The van der Waals surface area contributed by atoms with Crippen molar-refractivity contribution in [2.24, 2.45) is 0 Å². The Morgan fingerprint density at radius 1 is 1.15 bits per heavy atom. The third kappa shape index (κ3) is 4.28. The van der Waals surface area contributed by atoms with Crippen molar-refractivity contribution in [2.75, 3.05) is 50.2 Å². The van der Waals surface area contributed by atoms with Crippen molar-refractivity contribution in [2.45, 2.75) is 18.6 Å². The predicted octanol–water partition coefficient (Wildman–Crippen LogP) is 2.98. The van der Waals surface area contributed by atoms with Gasteiger partial charge in [0.05, 0.1) is 32.5 Å². The lowest BCUT2D eigenvalue weighted by Crippen LogP contribution is -2.39. The van der Waals surface area contributed by atoms with E-state index in [1.165, 1.54) is 13.3 Å². The first-order chi connectivity index (χ1) is 16.6. The minimum atomic E-state index is -0.409. The Morgan fingerprint density at radius 2 is 1.97 bits per heavy atom. The molecule has 4 heterocycles. The SMILES string of the molecule is COc1ccc(N2CC(CNC3CCN(c4c(F)cnc5ccc(OC)nc45)C3)OC2=O)cc1. The smallest absolute Gasteiger partial charge is 0.414 e. The lowest BCUT2D eigenvalue weighted by molar-refractivity contribution is 0.138. The van der Waals surface area contributed by atoms with Gasteiger partial charge in [-0.25, -0.2) is 14.2 Å². The van der Waals surface area contributed by atoms with Crippen molar-refractivity contribution < 1.29 is 23.4 Å². The van der Waals surface area contributed by atoms with Crippen molar-refractivity contribution in [3.63, 3.8) is 0 Å². The molecule has 5 rings (SSSR count). The summed E-state index contributed by atoms with van der Waals surface area (Å²) < 4.78 is 30.7. The molecule has 3 aromatic rings. The Kier molecular flexibility index (Phi) is 6.06. The minimum Gasteiger partial charge on any atom is -0.497 e. The number of methoxy groups -OCH3 is 2. The van der Waals surface area contributed by atoms with Gasteiger partial charge in [-0.15, -0.1) is 0 Å². The predicted molar refractivity (Wildman–Crippen MR) is 125 cm³/mol. The van der Waals surface area contributed by atoms with Gasteiger partial charge in [-0.3, -0.25) is 9.88 Å². The van der Waals surface area contributed by atoms with Gasteiger partial charge in [-0.05, 0) is 36.8 Å². The average molecular weight is 468 g/mol. The second-order valence-electron chi connectivity index (χ2n) is 8.33. The molecular weight excluding hydrogens is 441 g/mol. The first-order valence-corrected chi connectivity index (χ1v) is 11.2. The van der Waals surface area contributed by atoms with Crippen LogP contribution in [0.25, 0.3) is 11.0 Å². The fourth-order valence-corrected chi connectivity index (χ4v) is 4.46. The molecule has 0 bridgehead atoms. The zero-order valence-electron chi connectivity index (χ0n) is 19.0. The number of cyclic esters (lactones) is 1. The number of rotatable bonds is 7. The number of ether oxygens (including phenoxy) is 3. The number of nitrogens with one attached hydrogen (secondary N) is 1. The normalized spacial score (nSPS) is 20.1. The second-order valence-corrected chi connectivity index (χ2v) is 8.33. The molecule has 1 amide bonds. The number of hydrogen-bond acceptors (Lipinski definition) is 8. The summed E-state index contributed by atoms with van der Waals surface area (Å²) in [7, 11) is 3.13. The zero-order valence-corrected chi connectivity index (χ0v) is 19.0. The Morgan fingerprint density at radius 3 is 2.74 bits per heavy atom. The van der Waals surface area contributed by atoms with Crippen molar-refractivity contribution in [3.8, 4) is 11.6 Å². The molecule has 0 aliphatic carbocycles. The highest BCUT2D eigenvalue weighted by atomic mass is 19.1. The third-order valence-corrected chi connectivity index (χ3v) is 6.22. The van der Waals surface area contributed by atoms with Gasteiger partial charge >= 0.3 is 6.09 Å². The number of benzene rings is 1. The minimum absolute atomic E-state index is 0.127. The van der Waals surface area contributed by atoms with Crippen LogP contribution in [0, 0.1) is 5.82 Å². The van der Waals surface area contributed by atoms with Gasteiger partial charge in [0.15, 0.2) is 5.82 Å². The summed E-state index contributed by atoms with van der Waals surface area (Å²) in [6.07, 6.45) is 1.43. The molecule has 10 heteroatoms. The number of amides is 1. The topological polar surface area (TPSA) is 89.1 Å². The Balaban J connectivity index is 1.21. The lowest BCUT2D eigenvalue weighted by Gasteiger charge is -2.21. The van der Waals surface area contributed by atoms with Crippen LogP contribution in [0.5, 0.6) is 11.6 Å². The van der Waals surface area contributed by atoms with E-state index in [2.05, 4.69) is 15.3 Å². The molecule has 178 valence electrons. The van der Waals surface area contributed by atoms with Gasteiger partial charge in [-0.1, -0.05) is 0 Å². The van der Waals surface area contributed by atoms with E-state index >= 15 is 0 Å². The van der Waals surface area contributed by atoms with Gasteiger partial charge in [0.2, 0.25) is 5.88 Å². The number of pyridine rings is 2. The van der Waals surface area contributed by atoms with Crippen LogP contribution >= 0.6 is 0 Å². The van der Waals surface area contributed by atoms with Crippen molar-refractivity contribution >= 4 is 28.5 Å². The number of carbonyl (C=O) groups excluding carboxylic acids is 1. The maximum atomic E-state index is 14.8. The van der Waals surface area contributed by atoms with Crippen LogP contribution in [0.3, 0.4) is 0 Å². The number of anilines is 2. The number of aromatic nitrogens is 2. The van der Waals surface area contributed by atoms with E-state index in [1.54, 1.807) is 24.1 Å². The number of nitrogens with zero attached hydrogens (tertiary/aromatic N) is 4. The van der Waals surface area contributed by atoms with Crippen LogP contribution in [0.2, 0.25) is 0 Å². The molecule has 2 aliphatic heterocycles. The van der Waals surface area contributed by atoms with Crippen LogP contribution in [0.15, 0.2) is 42.6 Å². The molecule has 2 atom stereocenters. The summed E-state index contributed by atoms with van der Waals surface area (Å²) in [5, 5.41) is 3.48. The van der Waals surface area contributed by atoms with E-state index in [1.807, 2.05) is 29.2 Å². The van der Waals surface area contributed by atoms with Gasteiger partial charge < -0.3 is 24.4 Å². The number of halogens is 1. The largest absolute Gasteiger partial charge is 0.497 e. The van der Waals surface area contributed by atoms with Gasteiger partial charge in [0.25, 0.3) is 0 Å².